The van der Waals surface area contributed by atoms with E-state index >= 15 is 0 Å². The van der Waals surface area contributed by atoms with E-state index in [4.69, 9.17) is 0 Å². The lowest BCUT2D eigenvalue weighted by Crippen LogP contribution is -2.30. The molecular weight excluding hydrogens is 394 g/mol. The maximum absolute atomic E-state index is 13.6. The smallest absolute Gasteiger partial charge is 0.243 e. The van der Waals surface area contributed by atoms with E-state index in [1.807, 2.05) is 0 Å². The zero-order valence-corrected chi connectivity index (χ0v) is 16.5. The third kappa shape index (κ3) is 5.50. The van der Waals surface area contributed by atoms with Gasteiger partial charge >= 0.3 is 0 Å². The van der Waals surface area contributed by atoms with Crippen molar-refractivity contribution < 1.29 is 22.0 Å². The number of sulfonamides is 1. The number of hydrogen-bond donors (Lipinski definition) is 1. The first-order chi connectivity index (χ1) is 12.8. The van der Waals surface area contributed by atoms with Gasteiger partial charge in [0.15, 0.2) is 0 Å². The van der Waals surface area contributed by atoms with Gasteiger partial charge in [-0.05, 0) is 36.4 Å². The number of halogens is 2. The highest BCUT2D eigenvalue weighted by Gasteiger charge is 2.21. The van der Waals surface area contributed by atoms with Crippen molar-refractivity contribution in [2.75, 3.05) is 24.2 Å². The standard InChI is InChI=1S/C18H20F2N2O3S2/c1-3-22(4-2)27(24,25)15-8-6-14(7-9-15)21-18(23)12-26-17-10-5-13(19)11-16(17)20/h5-11H,3-4,12H2,1-2H3,(H,21,23). The lowest BCUT2D eigenvalue weighted by Gasteiger charge is -2.18. The van der Waals surface area contributed by atoms with Crippen LogP contribution in [0.2, 0.25) is 0 Å². The van der Waals surface area contributed by atoms with Crippen molar-refractivity contribution in [3.8, 4) is 0 Å². The predicted octanol–water partition coefficient (Wildman–Crippen LogP) is 3.73. The first kappa shape index (κ1) is 21.3. The highest BCUT2D eigenvalue weighted by atomic mass is 32.2. The monoisotopic (exact) mass is 414 g/mol. The lowest BCUT2D eigenvalue weighted by atomic mass is 10.3. The zero-order chi connectivity index (χ0) is 20.0. The summed E-state index contributed by atoms with van der Waals surface area (Å²) in [6.07, 6.45) is 0. The van der Waals surface area contributed by atoms with Crippen LogP contribution in [0.1, 0.15) is 13.8 Å². The van der Waals surface area contributed by atoms with Crippen LogP contribution >= 0.6 is 11.8 Å². The van der Waals surface area contributed by atoms with E-state index in [9.17, 15) is 22.0 Å². The molecular formula is C18H20F2N2O3S2. The molecule has 1 N–H and O–H groups in total. The number of nitrogens with zero attached hydrogens (tertiary/aromatic N) is 1. The minimum atomic E-state index is -3.56. The number of amides is 1. The van der Waals surface area contributed by atoms with Gasteiger partial charge in [-0.1, -0.05) is 13.8 Å². The average molecular weight is 414 g/mol. The molecule has 0 spiro atoms. The highest BCUT2D eigenvalue weighted by Crippen LogP contribution is 2.23. The van der Waals surface area contributed by atoms with Crippen molar-refractivity contribution >= 4 is 33.4 Å². The van der Waals surface area contributed by atoms with E-state index in [0.29, 0.717) is 18.8 Å². The normalized spacial score (nSPS) is 11.6. The number of nitrogens with one attached hydrogen (secondary N) is 1. The Kier molecular flexibility index (Phi) is 7.34. The van der Waals surface area contributed by atoms with Gasteiger partial charge < -0.3 is 5.32 Å². The fourth-order valence-corrected chi connectivity index (χ4v) is 4.53. The second kappa shape index (κ2) is 9.29. The van der Waals surface area contributed by atoms with Crippen molar-refractivity contribution in [1.82, 2.24) is 4.31 Å². The molecule has 0 aliphatic carbocycles. The van der Waals surface area contributed by atoms with E-state index in [-0.39, 0.29) is 21.5 Å². The first-order valence-corrected chi connectivity index (χ1v) is 10.7. The summed E-state index contributed by atoms with van der Waals surface area (Å²) in [5, 5.41) is 2.61. The summed E-state index contributed by atoms with van der Waals surface area (Å²) in [7, 11) is -3.56. The molecule has 0 unspecified atom stereocenters. The fourth-order valence-electron chi connectivity index (χ4n) is 2.36. The molecule has 0 aliphatic heterocycles. The van der Waals surface area contributed by atoms with Crippen molar-refractivity contribution in [3.05, 3.63) is 54.1 Å². The van der Waals surface area contributed by atoms with Gasteiger partial charge in [-0.3, -0.25) is 4.79 Å². The summed E-state index contributed by atoms with van der Waals surface area (Å²) in [6.45, 7) is 4.26. The van der Waals surface area contributed by atoms with Gasteiger partial charge in [0.1, 0.15) is 11.6 Å². The number of carbonyl (C=O) groups excluding carboxylic acids is 1. The van der Waals surface area contributed by atoms with E-state index in [1.165, 1.54) is 34.6 Å². The Bertz CT molecular complexity index is 899. The molecule has 0 radical (unpaired) electrons. The number of anilines is 1. The molecule has 5 nitrogen and oxygen atoms in total. The van der Waals surface area contributed by atoms with Crippen molar-refractivity contribution in [3.63, 3.8) is 0 Å². The summed E-state index contributed by atoms with van der Waals surface area (Å²) < 4.78 is 52.6. The third-order valence-electron chi connectivity index (χ3n) is 3.73. The minimum absolute atomic E-state index is 0.0674. The second-order valence-corrected chi connectivity index (χ2v) is 8.48. The Morgan fingerprint density at radius 3 is 2.26 bits per heavy atom. The van der Waals surface area contributed by atoms with Gasteiger partial charge in [-0.25, -0.2) is 17.2 Å². The minimum Gasteiger partial charge on any atom is -0.325 e. The summed E-state index contributed by atoms with van der Waals surface area (Å²) in [5.41, 5.74) is 0.429. The van der Waals surface area contributed by atoms with Gasteiger partial charge in [0, 0.05) is 29.7 Å². The Balaban J connectivity index is 1.98. The Morgan fingerprint density at radius 2 is 1.70 bits per heavy atom. The third-order valence-corrected chi connectivity index (χ3v) is 6.85. The maximum Gasteiger partial charge on any atom is 0.243 e. The summed E-state index contributed by atoms with van der Waals surface area (Å²) in [5.74, 6) is -1.86. The van der Waals surface area contributed by atoms with E-state index in [0.717, 1.165) is 23.9 Å². The largest absolute Gasteiger partial charge is 0.325 e. The summed E-state index contributed by atoms with van der Waals surface area (Å²) in [4.78, 5) is 12.3. The van der Waals surface area contributed by atoms with Crippen LogP contribution in [-0.4, -0.2) is 37.5 Å². The topological polar surface area (TPSA) is 66.5 Å². The fraction of sp³-hybridized carbons (Fsp3) is 0.278. The molecule has 0 saturated heterocycles. The van der Waals surface area contributed by atoms with Crippen LogP contribution in [-0.2, 0) is 14.8 Å². The lowest BCUT2D eigenvalue weighted by molar-refractivity contribution is -0.113. The summed E-state index contributed by atoms with van der Waals surface area (Å²) >= 11 is 0.944. The predicted molar refractivity (Wildman–Crippen MR) is 102 cm³/mol. The van der Waals surface area contributed by atoms with Crippen LogP contribution < -0.4 is 5.32 Å². The molecule has 0 heterocycles. The first-order valence-electron chi connectivity index (χ1n) is 8.25. The molecule has 2 rings (SSSR count). The molecule has 0 aliphatic rings. The van der Waals surface area contributed by atoms with E-state index < -0.39 is 21.7 Å². The van der Waals surface area contributed by atoms with Crippen LogP contribution in [0, 0.1) is 11.6 Å². The van der Waals surface area contributed by atoms with Gasteiger partial charge in [0.05, 0.1) is 10.6 Å². The highest BCUT2D eigenvalue weighted by molar-refractivity contribution is 8.00. The maximum atomic E-state index is 13.6. The molecule has 0 bridgehead atoms. The number of hydrogen-bond acceptors (Lipinski definition) is 4. The van der Waals surface area contributed by atoms with Gasteiger partial charge in [0.2, 0.25) is 15.9 Å². The van der Waals surface area contributed by atoms with Crippen LogP contribution in [0.4, 0.5) is 14.5 Å². The Labute approximate surface area is 161 Å². The molecule has 2 aromatic carbocycles. The van der Waals surface area contributed by atoms with Gasteiger partial charge in [-0.15, -0.1) is 11.8 Å². The number of benzene rings is 2. The van der Waals surface area contributed by atoms with Crippen LogP contribution in [0.5, 0.6) is 0 Å². The molecule has 0 aromatic heterocycles. The number of carbonyl (C=O) groups is 1. The number of rotatable bonds is 8. The van der Waals surface area contributed by atoms with Crippen LogP contribution in [0.3, 0.4) is 0 Å². The molecule has 9 heteroatoms. The molecule has 0 atom stereocenters. The molecule has 0 saturated carbocycles. The molecule has 0 fully saturated rings. The van der Waals surface area contributed by atoms with Gasteiger partial charge in [0.25, 0.3) is 0 Å². The van der Waals surface area contributed by atoms with Gasteiger partial charge in [-0.2, -0.15) is 4.31 Å². The Morgan fingerprint density at radius 1 is 1.07 bits per heavy atom. The van der Waals surface area contributed by atoms with E-state index in [1.54, 1.807) is 13.8 Å². The molecule has 146 valence electrons. The van der Waals surface area contributed by atoms with Crippen molar-refractivity contribution in [2.45, 2.75) is 23.6 Å². The quantitative estimate of drug-likeness (QED) is 0.669. The van der Waals surface area contributed by atoms with Crippen molar-refractivity contribution in [2.24, 2.45) is 0 Å². The zero-order valence-electron chi connectivity index (χ0n) is 14.9. The molecule has 1 amide bonds. The summed E-state index contributed by atoms with van der Waals surface area (Å²) in [6, 6.07) is 9.00. The average Bonchev–Trinajstić information content (AvgIpc) is 2.62. The molecule has 27 heavy (non-hydrogen) atoms. The van der Waals surface area contributed by atoms with Crippen molar-refractivity contribution in [1.29, 1.82) is 0 Å². The Hall–Kier alpha value is -1.97. The van der Waals surface area contributed by atoms with E-state index in [2.05, 4.69) is 5.32 Å². The number of thioether (sulfide) groups is 1. The van der Waals surface area contributed by atoms with Crippen LogP contribution in [0.15, 0.2) is 52.3 Å². The van der Waals surface area contributed by atoms with Crippen LogP contribution in [0.25, 0.3) is 0 Å². The molecule has 2 aromatic rings. The second-order valence-electron chi connectivity index (χ2n) is 5.53. The SMILES string of the molecule is CCN(CC)S(=O)(=O)c1ccc(NC(=O)CSc2ccc(F)cc2F)cc1.